The van der Waals surface area contributed by atoms with E-state index in [9.17, 15) is 43.2 Å². The summed E-state index contributed by atoms with van der Waals surface area (Å²) in [6, 6.07) is 0. The van der Waals surface area contributed by atoms with Gasteiger partial charge in [0.15, 0.2) is 12.2 Å². The van der Waals surface area contributed by atoms with Gasteiger partial charge in [0.2, 0.25) is 0 Å². The van der Waals surface area contributed by atoms with E-state index in [4.69, 9.17) is 37.0 Å². The molecular formula is C67H130O17P2. The SMILES string of the molecule is CCCCCCCCCCCCCCCCCCCCC(=O)O[C@H](COC(=O)CCCCCCCCCC(C)C)COP(=O)(O)OC[C@@H](O)COP(=O)(O)OC[C@@H](COC(=O)CCCCCCCCCC)OC(=O)CCCCCCCCC(C)CC. The van der Waals surface area contributed by atoms with E-state index in [0.29, 0.717) is 31.6 Å². The molecule has 0 aromatic rings. The number of ether oxygens (including phenoxy) is 4. The van der Waals surface area contributed by atoms with Gasteiger partial charge in [-0.1, -0.05) is 286 Å². The van der Waals surface area contributed by atoms with Crippen LogP contribution in [0.15, 0.2) is 0 Å². The van der Waals surface area contributed by atoms with Crippen molar-refractivity contribution in [3.8, 4) is 0 Å². The molecule has 6 atom stereocenters. The van der Waals surface area contributed by atoms with Gasteiger partial charge in [-0.2, -0.15) is 0 Å². The minimum Gasteiger partial charge on any atom is -0.462 e. The van der Waals surface area contributed by atoms with Crippen molar-refractivity contribution in [2.24, 2.45) is 11.8 Å². The summed E-state index contributed by atoms with van der Waals surface area (Å²) in [6.07, 6.45) is 43.3. The van der Waals surface area contributed by atoms with Crippen LogP contribution in [0.1, 0.15) is 337 Å². The first-order valence-electron chi connectivity index (χ1n) is 35.0. The van der Waals surface area contributed by atoms with Gasteiger partial charge in [-0.25, -0.2) is 9.13 Å². The molecule has 0 amide bonds. The molecule has 19 heteroatoms. The molecule has 0 saturated heterocycles. The average molecular weight is 1270 g/mol. The monoisotopic (exact) mass is 1270 g/mol. The third kappa shape index (κ3) is 59.7. The fraction of sp³-hybridized carbons (Fsp3) is 0.940. The van der Waals surface area contributed by atoms with E-state index in [-0.39, 0.29) is 25.7 Å². The van der Waals surface area contributed by atoms with Crippen LogP contribution in [0.3, 0.4) is 0 Å². The largest absolute Gasteiger partial charge is 0.472 e. The topological polar surface area (TPSA) is 237 Å². The summed E-state index contributed by atoms with van der Waals surface area (Å²) >= 11 is 0. The molecule has 510 valence electrons. The van der Waals surface area contributed by atoms with Gasteiger partial charge in [0.1, 0.15) is 19.3 Å². The second-order valence-corrected chi connectivity index (χ2v) is 27.8. The van der Waals surface area contributed by atoms with Crippen molar-refractivity contribution in [1.29, 1.82) is 0 Å². The van der Waals surface area contributed by atoms with Crippen molar-refractivity contribution in [3.05, 3.63) is 0 Å². The summed E-state index contributed by atoms with van der Waals surface area (Å²) in [7, 11) is -9.89. The number of hydrogen-bond donors (Lipinski definition) is 3. The van der Waals surface area contributed by atoms with Gasteiger partial charge in [0.25, 0.3) is 0 Å². The summed E-state index contributed by atoms with van der Waals surface area (Å²) in [5, 5.41) is 10.5. The Bertz CT molecular complexity index is 1690. The molecule has 0 saturated carbocycles. The molecular weight excluding hydrogens is 1140 g/mol. The highest BCUT2D eigenvalue weighted by Gasteiger charge is 2.30. The standard InChI is InChI=1S/C67H130O17P2/c1-7-10-12-14-16-18-19-20-21-22-23-24-25-26-27-31-39-45-51-66(71)83-62(55-78-65(70)50-44-38-32-28-29-35-41-47-59(4)5)57-81-85(73,74)79-53-61(68)54-80-86(75,76)82-58-63(56-77-64(69)49-43-37-30-17-15-13-11-8-2)84-67(72)52-46-40-34-33-36-42-48-60(6)9-3/h59-63,68H,7-58H2,1-6H3,(H,73,74)(H,75,76)/t60?,61-,62-,63-/m1/s1. The van der Waals surface area contributed by atoms with Crippen molar-refractivity contribution in [1.82, 2.24) is 0 Å². The van der Waals surface area contributed by atoms with E-state index in [0.717, 1.165) is 109 Å². The van der Waals surface area contributed by atoms with Crippen LogP contribution in [0.4, 0.5) is 0 Å². The van der Waals surface area contributed by atoms with E-state index in [2.05, 4.69) is 41.5 Å². The first kappa shape index (κ1) is 84.1. The second-order valence-electron chi connectivity index (χ2n) is 24.9. The fourth-order valence-corrected chi connectivity index (χ4v) is 11.6. The zero-order chi connectivity index (χ0) is 63.6. The van der Waals surface area contributed by atoms with E-state index < -0.39 is 97.5 Å². The Labute approximate surface area is 524 Å². The van der Waals surface area contributed by atoms with Crippen LogP contribution in [-0.2, 0) is 65.4 Å². The molecule has 0 aliphatic carbocycles. The predicted molar refractivity (Wildman–Crippen MR) is 345 cm³/mol. The third-order valence-corrected chi connectivity index (χ3v) is 17.7. The molecule has 3 unspecified atom stereocenters. The van der Waals surface area contributed by atoms with E-state index in [1.807, 2.05) is 0 Å². The molecule has 0 radical (unpaired) electrons. The minimum atomic E-state index is -4.95. The molecule has 0 aromatic heterocycles. The second kappa shape index (κ2) is 59.4. The molecule has 0 aliphatic heterocycles. The van der Waals surface area contributed by atoms with Crippen LogP contribution >= 0.6 is 15.6 Å². The highest BCUT2D eigenvalue weighted by atomic mass is 31.2. The zero-order valence-corrected chi connectivity index (χ0v) is 57.4. The Kier molecular flexibility index (Phi) is 58.0. The Morgan fingerprint density at radius 3 is 0.884 bits per heavy atom. The van der Waals surface area contributed by atoms with Crippen LogP contribution in [-0.4, -0.2) is 96.7 Å². The predicted octanol–water partition coefficient (Wildman–Crippen LogP) is 18.8. The van der Waals surface area contributed by atoms with E-state index in [1.54, 1.807) is 0 Å². The first-order valence-corrected chi connectivity index (χ1v) is 38.0. The van der Waals surface area contributed by atoms with Gasteiger partial charge in [-0.05, 0) is 37.5 Å². The number of unbranched alkanes of at least 4 members (excludes halogenated alkanes) is 35. The van der Waals surface area contributed by atoms with Gasteiger partial charge < -0.3 is 33.8 Å². The number of phosphoric acid groups is 2. The summed E-state index contributed by atoms with van der Waals surface area (Å²) in [5.41, 5.74) is 0. The van der Waals surface area contributed by atoms with Gasteiger partial charge in [0.05, 0.1) is 26.4 Å². The summed E-state index contributed by atoms with van der Waals surface area (Å²) in [6.45, 7) is 9.39. The Morgan fingerprint density at radius 1 is 0.337 bits per heavy atom. The van der Waals surface area contributed by atoms with Gasteiger partial charge in [0, 0.05) is 25.7 Å². The minimum absolute atomic E-state index is 0.103. The maximum atomic E-state index is 13.0. The molecule has 86 heavy (non-hydrogen) atoms. The smallest absolute Gasteiger partial charge is 0.462 e. The van der Waals surface area contributed by atoms with E-state index >= 15 is 0 Å². The highest BCUT2D eigenvalue weighted by molar-refractivity contribution is 7.47. The first-order chi connectivity index (χ1) is 41.4. The van der Waals surface area contributed by atoms with Crippen LogP contribution in [0.2, 0.25) is 0 Å². The highest BCUT2D eigenvalue weighted by Crippen LogP contribution is 2.45. The molecule has 0 fully saturated rings. The lowest BCUT2D eigenvalue weighted by Crippen LogP contribution is -2.30. The molecule has 0 spiro atoms. The number of aliphatic hydroxyl groups excluding tert-OH is 1. The molecule has 0 aromatic carbocycles. The molecule has 17 nitrogen and oxygen atoms in total. The van der Waals surface area contributed by atoms with Crippen LogP contribution in [0.5, 0.6) is 0 Å². The molecule has 0 rings (SSSR count). The summed E-state index contributed by atoms with van der Waals surface area (Å²) < 4.78 is 68.0. The average Bonchev–Trinajstić information content (AvgIpc) is 3.69. The Morgan fingerprint density at radius 2 is 0.593 bits per heavy atom. The summed E-state index contributed by atoms with van der Waals surface area (Å²) in [5.74, 6) is -0.710. The number of carbonyl (C=O) groups is 4. The number of rotatable bonds is 66. The van der Waals surface area contributed by atoms with Crippen molar-refractivity contribution in [2.45, 2.75) is 355 Å². The van der Waals surface area contributed by atoms with E-state index in [1.165, 1.54) is 141 Å². The van der Waals surface area contributed by atoms with Crippen molar-refractivity contribution >= 4 is 39.5 Å². The molecule has 0 aliphatic rings. The lowest BCUT2D eigenvalue weighted by molar-refractivity contribution is -0.161. The quantitative estimate of drug-likeness (QED) is 0.0222. The van der Waals surface area contributed by atoms with Crippen molar-refractivity contribution in [2.75, 3.05) is 39.6 Å². The van der Waals surface area contributed by atoms with Gasteiger partial charge in [-0.15, -0.1) is 0 Å². The van der Waals surface area contributed by atoms with Crippen LogP contribution < -0.4 is 0 Å². The Balaban J connectivity index is 5.18. The van der Waals surface area contributed by atoms with Crippen LogP contribution in [0.25, 0.3) is 0 Å². The van der Waals surface area contributed by atoms with Crippen molar-refractivity contribution < 1.29 is 80.2 Å². The number of carbonyl (C=O) groups excluding carboxylic acids is 4. The Hall–Kier alpha value is -1.94. The maximum Gasteiger partial charge on any atom is 0.472 e. The number of aliphatic hydroxyl groups is 1. The van der Waals surface area contributed by atoms with Crippen molar-refractivity contribution in [3.63, 3.8) is 0 Å². The van der Waals surface area contributed by atoms with Gasteiger partial charge >= 0.3 is 39.5 Å². The molecule has 0 heterocycles. The maximum absolute atomic E-state index is 13.0. The number of esters is 4. The molecule has 0 bridgehead atoms. The van der Waals surface area contributed by atoms with Crippen LogP contribution in [0, 0.1) is 11.8 Å². The molecule has 3 N–H and O–H groups in total. The lowest BCUT2D eigenvalue weighted by Gasteiger charge is -2.21. The number of hydrogen-bond acceptors (Lipinski definition) is 15. The summed E-state index contributed by atoms with van der Waals surface area (Å²) in [4.78, 5) is 72.2. The third-order valence-electron chi connectivity index (χ3n) is 15.8. The fourth-order valence-electron chi connectivity index (χ4n) is 10.0. The lowest BCUT2D eigenvalue weighted by atomic mass is 10.00. The number of phosphoric ester groups is 2. The van der Waals surface area contributed by atoms with Gasteiger partial charge in [-0.3, -0.25) is 37.3 Å². The normalized spacial score (nSPS) is 14.5. The zero-order valence-electron chi connectivity index (χ0n) is 55.6.